The molecule has 0 unspecified atom stereocenters. The van der Waals surface area contributed by atoms with Crippen molar-refractivity contribution in [3.8, 4) is 0 Å². The predicted molar refractivity (Wildman–Crippen MR) is 92.1 cm³/mol. The van der Waals surface area contributed by atoms with Crippen molar-refractivity contribution >= 4 is 21.7 Å². The van der Waals surface area contributed by atoms with Gasteiger partial charge in [0.15, 0.2) is 0 Å². The second-order valence-corrected chi connectivity index (χ2v) is 7.57. The lowest BCUT2D eigenvalue weighted by atomic mass is 10.1. The molecule has 0 aliphatic heterocycles. The number of aromatic carboxylic acids is 1. The zero-order valence-corrected chi connectivity index (χ0v) is 14.2. The first-order chi connectivity index (χ1) is 11.4. The van der Waals surface area contributed by atoms with E-state index in [0.717, 1.165) is 19.3 Å². The molecular formula is C18H19NO4S. The van der Waals surface area contributed by atoms with Crippen LogP contribution in [-0.4, -0.2) is 19.5 Å². The molecular weight excluding hydrogens is 326 g/mol. The number of carbonyl (C=O) groups is 1. The van der Waals surface area contributed by atoms with Crippen LogP contribution < -0.4 is 4.72 Å². The van der Waals surface area contributed by atoms with Crippen molar-refractivity contribution in [2.75, 3.05) is 4.72 Å². The summed E-state index contributed by atoms with van der Waals surface area (Å²) < 4.78 is 28.1. The summed E-state index contributed by atoms with van der Waals surface area (Å²) in [7, 11) is -3.84. The fourth-order valence-corrected chi connectivity index (χ4v) is 4.46. The van der Waals surface area contributed by atoms with Gasteiger partial charge in [-0.25, -0.2) is 13.2 Å². The molecule has 0 atom stereocenters. The number of rotatable bonds is 5. The normalized spacial score (nSPS) is 13.5. The van der Waals surface area contributed by atoms with Gasteiger partial charge in [-0.2, -0.15) is 0 Å². The molecule has 24 heavy (non-hydrogen) atoms. The Morgan fingerprint density at radius 1 is 1.12 bits per heavy atom. The van der Waals surface area contributed by atoms with Crippen LogP contribution in [0.1, 0.15) is 40.4 Å². The average molecular weight is 345 g/mol. The van der Waals surface area contributed by atoms with Gasteiger partial charge >= 0.3 is 5.97 Å². The first-order valence-electron chi connectivity index (χ1n) is 7.91. The van der Waals surface area contributed by atoms with Gasteiger partial charge in [-0.3, -0.25) is 4.72 Å². The fraction of sp³-hybridized carbons (Fsp3) is 0.278. The zero-order chi connectivity index (χ0) is 17.3. The Hall–Kier alpha value is -2.34. The van der Waals surface area contributed by atoms with Crippen molar-refractivity contribution in [2.45, 2.75) is 37.5 Å². The highest BCUT2D eigenvalue weighted by Crippen LogP contribution is 2.27. The average Bonchev–Trinajstić information content (AvgIpc) is 3.01. The van der Waals surface area contributed by atoms with E-state index in [1.54, 1.807) is 12.1 Å². The Labute approximate surface area is 141 Å². The Morgan fingerprint density at radius 2 is 1.88 bits per heavy atom. The summed E-state index contributed by atoms with van der Waals surface area (Å²) in [6, 6.07) is 9.78. The lowest BCUT2D eigenvalue weighted by molar-refractivity contribution is 0.0696. The standard InChI is InChI=1S/C18H19NO4S/c1-2-12-6-7-15(18(20)21)11-17(12)24(22,23)19-16-9-8-13-4-3-5-14(13)10-16/h6-11,19H,2-5H2,1H3,(H,20,21). The number of carboxylic acid groups (broad SMARTS) is 1. The maximum atomic E-state index is 12.8. The molecule has 3 rings (SSSR count). The molecule has 1 aliphatic carbocycles. The summed E-state index contributed by atoms with van der Waals surface area (Å²) in [5.74, 6) is -1.15. The summed E-state index contributed by atoms with van der Waals surface area (Å²) in [4.78, 5) is 11.2. The molecule has 5 nitrogen and oxygen atoms in total. The summed E-state index contributed by atoms with van der Waals surface area (Å²) in [5.41, 5.74) is 3.50. The van der Waals surface area contributed by atoms with Crippen LogP contribution in [0.15, 0.2) is 41.3 Å². The number of hydrogen-bond acceptors (Lipinski definition) is 3. The molecule has 0 heterocycles. The Balaban J connectivity index is 1.98. The van der Waals surface area contributed by atoms with Gasteiger partial charge in [-0.1, -0.05) is 19.1 Å². The van der Waals surface area contributed by atoms with E-state index in [-0.39, 0.29) is 10.5 Å². The molecule has 0 amide bonds. The third-order valence-corrected chi connectivity index (χ3v) is 5.80. The minimum Gasteiger partial charge on any atom is -0.478 e. The highest BCUT2D eigenvalue weighted by Gasteiger charge is 2.21. The van der Waals surface area contributed by atoms with Gasteiger partial charge in [0.2, 0.25) is 0 Å². The van der Waals surface area contributed by atoms with Crippen LogP contribution in [-0.2, 0) is 29.3 Å². The van der Waals surface area contributed by atoms with Crippen LogP contribution in [0.25, 0.3) is 0 Å². The first-order valence-corrected chi connectivity index (χ1v) is 9.40. The van der Waals surface area contributed by atoms with Crippen molar-refractivity contribution in [1.29, 1.82) is 0 Å². The van der Waals surface area contributed by atoms with Gasteiger partial charge in [-0.15, -0.1) is 0 Å². The van der Waals surface area contributed by atoms with E-state index in [1.165, 1.54) is 23.3 Å². The first kappa shape index (κ1) is 16.5. The molecule has 2 N–H and O–H groups in total. The third kappa shape index (κ3) is 3.14. The molecule has 2 aromatic carbocycles. The molecule has 0 saturated heterocycles. The largest absolute Gasteiger partial charge is 0.478 e. The Bertz CT molecular complexity index is 903. The lowest BCUT2D eigenvalue weighted by Crippen LogP contribution is -2.16. The SMILES string of the molecule is CCc1ccc(C(=O)O)cc1S(=O)(=O)Nc1ccc2c(c1)CCC2. The van der Waals surface area contributed by atoms with E-state index in [0.29, 0.717) is 17.7 Å². The minimum absolute atomic E-state index is 0.0189. The molecule has 2 aromatic rings. The van der Waals surface area contributed by atoms with Crippen LogP contribution in [0.5, 0.6) is 0 Å². The lowest BCUT2D eigenvalue weighted by Gasteiger charge is -2.13. The minimum atomic E-state index is -3.84. The second-order valence-electron chi connectivity index (χ2n) is 5.92. The fourth-order valence-electron chi connectivity index (χ4n) is 3.08. The summed E-state index contributed by atoms with van der Waals surface area (Å²) in [6.07, 6.45) is 3.58. The topological polar surface area (TPSA) is 83.5 Å². The van der Waals surface area contributed by atoms with Gasteiger partial charge in [0, 0.05) is 5.69 Å². The number of aryl methyl sites for hydroxylation is 3. The maximum Gasteiger partial charge on any atom is 0.335 e. The van der Waals surface area contributed by atoms with E-state index < -0.39 is 16.0 Å². The molecule has 0 spiro atoms. The summed E-state index contributed by atoms with van der Waals surface area (Å²) >= 11 is 0. The Morgan fingerprint density at radius 3 is 2.58 bits per heavy atom. The quantitative estimate of drug-likeness (QED) is 0.871. The van der Waals surface area contributed by atoms with Crippen molar-refractivity contribution in [2.24, 2.45) is 0 Å². The predicted octanol–water partition coefficient (Wildman–Crippen LogP) is 3.24. The number of anilines is 1. The van der Waals surface area contributed by atoms with Gasteiger partial charge in [0.1, 0.15) is 0 Å². The maximum absolute atomic E-state index is 12.8. The van der Waals surface area contributed by atoms with E-state index in [1.807, 2.05) is 19.1 Å². The second kappa shape index (κ2) is 6.28. The van der Waals surface area contributed by atoms with Gasteiger partial charge in [0.25, 0.3) is 10.0 Å². The summed E-state index contributed by atoms with van der Waals surface area (Å²) in [6.45, 7) is 1.84. The van der Waals surface area contributed by atoms with Crippen LogP contribution >= 0.6 is 0 Å². The van der Waals surface area contributed by atoms with Gasteiger partial charge in [-0.05, 0) is 66.6 Å². The monoisotopic (exact) mass is 345 g/mol. The molecule has 0 fully saturated rings. The van der Waals surface area contributed by atoms with E-state index >= 15 is 0 Å². The van der Waals surface area contributed by atoms with Crippen LogP contribution in [0.2, 0.25) is 0 Å². The number of nitrogens with one attached hydrogen (secondary N) is 1. The molecule has 0 aromatic heterocycles. The van der Waals surface area contributed by atoms with Crippen molar-refractivity contribution in [3.63, 3.8) is 0 Å². The van der Waals surface area contributed by atoms with Gasteiger partial charge in [0.05, 0.1) is 10.5 Å². The Kier molecular flexibility index (Phi) is 4.32. The number of sulfonamides is 1. The summed E-state index contributed by atoms with van der Waals surface area (Å²) in [5, 5.41) is 9.12. The third-order valence-electron chi connectivity index (χ3n) is 4.34. The van der Waals surface area contributed by atoms with Crippen molar-refractivity contribution < 1.29 is 18.3 Å². The van der Waals surface area contributed by atoms with Crippen molar-refractivity contribution in [1.82, 2.24) is 0 Å². The van der Waals surface area contributed by atoms with Crippen LogP contribution in [0, 0.1) is 0 Å². The van der Waals surface area contributed by atoms with E-state index in [2.05, 4.69) is 4.72 Å². The van der Waals surface area contributed by atoms with E-state index in [9.17, 15) is 13.2 Å². The highest BCUT2D eigenvalue weighted by atomic mass is 32.2. The molecule has 0 bridgehead atoms. The number of fused-ring (bicyclic) bond motifs is 1. The number of benzene rings is 2. The molecule has 0 saturated carbocycles. The van der Waals surface area contributed by atoms with Crippen LogP contribution in [0.4, 0.5) is 5.69 Å². The molecule has 0 radical (unpaired) electrons. The number of carboxylic acids is 1. The van der Waals surface area contributed by atoms with Gasteiger partial charge < -0.3 is 5.11 Å². The molecule has 6 heteroatoms. The van der Waals surface area contributed by atoms with Crippen LogP contribution in [0.3, 0.4) is 0 Å². The highest BCUT2D eigenvalue weighted by molar-refractivity contribution is 7.92. The number of hydrogen-bond donors (Lipinski definition) is 2. The van der Waals surface area contributed by atoms with E-state index in [4.69, 9.17) is 5.11 Å². The molecule has 126 valence electrons. The smallest absolute Gasteiger partial charge is 0.335 e. The molecule has 1 aliphatic rings. The zero-order valence-electron chi connectivity index (χ0n) is 13.4. The van der Waals surface area contributed by atoms with Crippen molar-refractivity contribution in [3.05, 3.63) is 58.7 Å².